The molecular weight excluding hydrogens is 182 g/mol. The van der Waals surface area contributed by atoms with Crippen LogP contribution in [-0.2, 0) is 16.1 Å². The second-order valence-electron chi connectivity index (χ2n) is 3.32. The van der Waals surface area contributed by atoms with E-state index in [9.17, 15) is 0 Å². The molecule has 1 atom stereocenters. The van der Waals surface area contributed by atoms with Gasteiger partial charge in [-0.15, -0.1) is 0 Å². The Morgan fingerprint density at radius 3 is 3.29 bits per heavy atom. The molecule has 78 valence electrons. The molecule has 0 radical (unpaired) electrons. The lowest BCUT2D eigenvalue weighted by molar-refractivity contribution is 0.0685. The Balaban J connectivity index is 2.09. The van der Waals surface area contributed by atoms with Crippen molar-refractivity contribution in [2.75, 3.05) is 26.9 Å². The van der Waals surface area contributed by atoms with Crippen LogP contribution < -0.4 is 5.32 Å². The minimum absolute atomic E-state index is 0.170. The average Bonchev–Trinajstić information content (AvgIpc) is 2.68. The number of nitrogens with one attached hydrogen (secondary N) is 1. The van der Waals surface area contributed by atoms with Gasteiger partial charge in [0, 0.05) is 19.2 Å². The maximum Gasteiger partial charge on any atom is 0.128 e. The summed E-state index contributed by atoms with van der Waals surface area (Å²) in [7, 11) is 1.68. The van der Waals surface area contributed by atoms with Gasteiger partial charge in [-0.2, -0.15) is 0 Å². The van der Waals surface area contributed by atoms with E-state index in [1.54, 1.807) is 13.4 Å². The van der Waals surface area contributed by atoms with Gasteiger partial charge in [-0.25, -0.2) is 0 Å². The quantitative estimate of drug-likeness (QED) is 0.787. The lowest BCUT2D eigenvalue weighted by atomic mass is 10.1. The molecule has 0 amide bonds. The zero-order chi connectivity index (χ0) is 9.80. The van der Waals surface area contributed by atoms with Crippen LogP contribution in [0.1, 0.15) is 17.4 Å². The molecule has 1 saturated heterocycles. The fourth-order valence-corrected chi connectivity index (χ4v) is 1.66. The van der Waals surface area contributed by atoms with Crippen molar-refractivity contribution in [3.8, 4) is 0 Å². The van der Waals surface area contributed by atoms with E-state index in [0.29, 0.717) is 13.2 Å². The summed E-state index contributed by atoms with van der Waals surface area (Å²) in [5.41, 5.74) is 1.09. The molecule has 1 aliphatic heterocycles. The van der Waals surface area contributed by atoms with Crippen molar-refractivity contribution in [3.63, 3.8) is 0 Å². The van der Waals surface area contributed by atoms with E-state index in [-0.39, 0.29) is 6.04 Å². The van der Waals surface area contributed by atoms with E-state index < -0.39 is 0 Å². The Hall–Kier alpha value is -0.840. The number of hydrogen-bond donors (Lipinski definition) is 1. The minimum atomic E-state index is 0.170. The molecule has 0 aliphatic carbocycles. The smallest absolute Gasteiger partial charge is 0.128 e. The maximum absolute atomic E-state index is 5.43. The van der Waals surface area contributed by atoms with Crippen LogP contribution in [0.4, 0.5) is 0 Å². The molecule has 1 fully saturated rings. The van der Waals surface area contributed by atoms with Crippen LogP contribution in [0.15, 0.2) is 16.7 Å². The van der Waals surface area contributed by atoms with Crippen molar-refractivity contribution in [2.45, 2.75) is 12.6 Å². The highest BCUT2D eigenvalue weighted by molar-refractivity contribution is 5.19. The topological polar surface area (TPSA) is 43.6 Å². The highest BCUT2D eigenvalue weighted by atomic mass is 16.5. The van der Waals surface area contributed by atoms with Crippen LogP contribution in [0, 0.1) is 0 Å². The second kappa shape index (κ2) is 4.59. The summed E-state index contributed by atoms with van der Waals surface area (Å²) in [6.07, 6.45) is 1.69. The minimum Gasteiger partial charge on any atom is -0.467 e. The summed E-state index contributed by atoms with van der Waals surface area (Å²) in [6.45, 7) is 2.91. The molecule has 14 heavy (non-hydrogen) atoms. The van der Waals surface area contributed by atoms with Crippen molar-refractivity contribution in [2.24, 2.45) is 0 Å². The Labute approximate surface area is 83.2 Å². The van der Waals surface area contributed by atoms with Gasteiger partial charge in [0.25, 0.3) is 0 Å². The van der Waals surface area contributed by atoms with Crippen LogP contribution in [-0.4, -0.2) is 26.9 Å². The number of hydrogen-bond acceptors (Lipinski definition) is 4. The fourth-order valence-electron chi connectivity index (χ4n) is 1.66. The highest BCUT2D eigenvalue weighted by Gasteiger charge is 2.21. The highest BCUT2D eigenvalue weighted by Crippen LogP contribution is 2.21. The number of morpholine rings is 1. The first-order valence-corrected chi connectivity index (χ1v) is 4.78. The van der Waals surface area contributed by atoms with Crippen LogP contribution in [0.25, 0.3) is 0 Å². The number of methoxy groups -OCH3 is 1. The zero-order valence-corrected chi connectivity index (χ0v) is 8.29. The van der Waals surface area contributed by atoms with Gasteiger partial charge in [-0.05, 0) is 6.07 Å². The molecular formula is C10H15NO3. The van der Waals surface area contributed by atoms with Crippen LogP contribution in [0.5, 0.6) is 0 Å². The fraction of sp³-hybridized carbons (Fsp3) is 0.600. The number of furan rings is 1. The van der Waals surface area contributed by atoms with Crippen LogP contribution in [0.2, 0.25) is 0 Å². The molecule has 1 aliphatic rings. The summed E-state index contributed by atoms with van der Waals surface area (Å²) in [5, 5.41) is 3.35. The second-order valence-corrected chi connectivity index (χ2v) is 3.32. The first kappa shape index (κ1) is 9.71. The normalized spacial score (nSPS) is 22.5. The largest absolute Gasteiger partial charge is 0.467 e. The Kier molecular flexibility index (Phi) is 3.18. The number of rotatable bonds is 3. The van der Waals surface area contributed by atoms with Crippen molar-refractivity contribution in [1.29, 1.82) is 0 Å². The van der Waals surface area contributed by atoms with Gasteiger partial charge in [-0.1, -0.05) is 0 Å². The summed E-state index contributed by atoms with van der Waals surface area (Å²) in [5.74, 6) is 0.937. The summed E-state index contributed by atoms with van der Waals surface area (Å²) >= 11 is 0. The van der Waals surface area contributed by atoms with Crippen LogP contribution >= 0.6 is 0 Å². The van der Waals surface area contributed by atoms with Gasteiger partial charge < -0.3 is 19.2 Å². The molecule has 0 aromatic carbocycles. The van der Waals surface area contributed by atoms with Gasteiger partial charge in [0.2, 0.25) is 0 Å². The van der Waals surface area contributed by atoms with Crippen molar-refractivity contribution >= 4 is 0 Å². The lowest BCUT2D eigenvalue weighted by Crippen LogP contribution is -2.34. The third-order valence-electron chi connectivity index (χ3n) is 2.32. The van der Waals surface area contributed by atoms with Crippen molar-refractivity contribution in [1.82, 2.24) is 5.32 Å². The SMILES string of the molecule is COCc1ccoc1C1COCCN1. The molecule has 0 bridgehead atoms. The van der Waals surface area contributed by atoms with Gasteiger partial charge in [0.15, 0.2) is 0 Å². The van der Waals surface area contributed by atoms with Crippen molar-refractivity contribution < 1.29 is 13.9 Å². The van der Waals surface area contributed by atoms with Crippen LogP contribution in [0.3, 0.4) is 0 Å². The summed E-state index contributed by atoms with van der Waals surface area (Å²) in [6, 6.07) is 2.11. The van der Waals surface area contributed by atoms with E-state index in [2.05, 4.69) is 5.32 Å². The van der Waals surface area contributed by atoms with E-state index in [1.165, 1.54) is 0 Å². The Morgan fingerprint density at radius 1 is 1.64 bits per heavy atom. The summed E-state index contributed by atoms with van der Waals surface area (Å²) in [4.78, 5) is 0. The van der Waals surface area contributed by atoms with Crippen molar-refractivity contribution in [3.05, 3.63) is 23.7 Å². The molecule has 1 aromatic rings. The summed E-state index contributed by atoms with van der Waals surface area (Å²) < 4.78 is 15.9. The molecule has 4 heteroatoms. The number of ether oxygens (including phenoxy) is 2. The molecule has 0 saturated carbocycles. The molecule has 1 aromatic heterocycles. The molecule has 1 N–H and O–H groups in total. The van der Waals surface area contributed by atoms with E-state index in [0.717, 1.165) is 24.5 Å². The van der Waals surface area contributed by atoms with Gasteiger partial charge in [-0.3, -0.25) is 0 Å². The third kappa shape index (κ3) is 1.97. The van der Waals surface area contributed by atoms with Gasteiger partial charge >= 0.3 is 0 Å². The molecule has 2 rings (SSSR count). The first-order valence-electron chi connectivity index (χ1n) is 4.78. The Bertz CT molecular complexity index is 279. The average molecular weight is 197 g/mol. The molecule has 4 nitrogen and oxygen atoms in total. The van der Waals surface area contributed by atoms with E-state index in [4.69, 9.17) is 13.9 Å². The monoisotopic (exact) mass is 197 g/mol. The predicted molar refractivity (Wildman–Crippen MR) is 51.0 cm³/mol. The van der Waals surface area contributed by atoms with E-state index in [1.807, 2.05) is 6.07 Å². The maximum atomic E-state index is 5.43. The predicted octanol–water partition coefficient (Wildman–Crippen LogP) is 1.09. The molecule has 2 heterocycles. The zero-order valence-electron chi connectivity index (χ0n) is 8.29. The van der Waals surface area contributed by atoms with Gasteiger partial charge in [0.1, 0.15) is 5.76 Å². The Morgan fingerprint density at radius 2 is 2.57 bits per heavy atom. The van der Waals surface area contributed by atoms with Gasteiger partial charge in [0.05, 0.1) is 32.1 Å². The third-order valence-corrected chi connectivity index (χ3v) is 2.32. The molecule has 1 unspecified atom stereocenters. The molecule has 0 spiro atoms. The first-order chi connectivity index (χ1) is 6.92. The lowest BCUT2D eigenvalue weighted by Gasteiger charge is -2.22. The van der Waals surface area contributed by atoms with E-state index >= 15 is 0 Å². The standard InChI is InChI=1S/C10H15NO3/c1-12-6-8-2-4-14-10(8)9-7-13-5-3-11-9/h2,4,9,11H,3,5-7H2,1H3.